The van der Waals surface area contributed by atoms with Crippen LogP contribution in [0, 0.1) is 0 Å². The zero-order valence-electron chi connectivity index (χ0n) is 7.16. The summed E-state index contributed by atoms with van der Waals surface area (Å²) in [6.07, 6.45) is 3.29. The second kappa shape index (κ2) is 4.49. The Hall–Kier alpha value is -1.32. The van der Waals surface area contributed by atoms with Crippen LogP contribution in [0.3, 0.4) is 0 Å². The molecule has 0 fully saturated rings. The number of hydrogen-bond acceptors (Lipinski definition) is 4. The summed E-state index contributed by atoms with van der Waals surface area (Å²) >= 11 is 0. The van der Waals surface area contributed by atoms with Crippen molar-refractivity contribution in [1.82, 2.24) is 4.90 Å². The van der Waals surface area contributed by atoms with Gasteiger partial charge in [0, 0.05) is 20.2 Å². The van der Waals surface area contributed by atoms with E-state index in [1.807, 2.05) is 14.1 Å². The summed E-state index contributed by atoms with van der Waals surface area (Å²) < 4.78 is 4.70. The summed E-state index contributed by atoms with van der Waals surface area (Å²) in [4.78, 5) is 1.78. The first-order valence-electron chi connectivity index (χ1n) is 3.22. The van der Waals surface area contributed by atoms with Gasteiger partial charge >= 0.3 is 0 Å². The van der Waals surface area contributed by atoms with Gasteiger partial charge in [0.1, 0.15) is 0 Å². The lowest BCUT2D eigenvalue weighted by Crippen LogP contribution is -2.18. The highest BCUT2D eigenvalue weighted by Crippen LogP contribution is 1.91. The van der Waals surface area contributed by atoms with E-state index in [0.717, 1.165) is 0 Å². The second-order valence-electron chi connectivity index (χ2n) is 2.26. The molecule has 0 spiro atoms. The van der Waals surface area contributed by atoms with E-state index < -0.39 is 0 Å². The van der Waals surface area contributed by atoms with Crippen LogP contribution in [0.1, 0.15) is 0 Å². The maximum Gasteiger partial charge on any atom is 0.183 e. The fourth-order valence-electron chi connectivity index (χ4n) is 0.385. The predicted molar refractivity (Wildman–Crippen MR) is 45.2 cm³/mol. The molecule has 0 rings (SSSR count). The molecule has 0 aliphatic rings. The Balaban J connectivity index is 4.11. The average molecular weight is 157 g/mol. The highest BCUT2D eigenvalue weighted by molar-refractivity contribution is 5.09. The van der Waals surface area contributed by atoms with Crippen molar-refractivity contribution in [3.63, 3.8) is 0 Å². The normalized spacial score (nSPS) is 13.0. The highest BCUT2D eigenvalue weighted by atomic mass is 16.5. The number of methoxy groups -OCH3 is 1. The molecule has 64 valence electrons. The van der Waals surface area contributed by atoms with Gasteiger partial charge in [-0.25, -0.2) is 0 Å². The van der Waals surface area contributed by atoms with Gasteiger partial charge in [-0.3, -0.25) is 0 Å². The Bertz CT molecular complexity index is 173. The summed E-state index contributed by atoms with van der Waals surface area (Å²) in [5, 5.41) is 0. The molecule has 0 amide bonds. The molecule has 0 bridgehead atoms. The molecule has 0 aromatic carbocycles. The molecule has 11 heavy (non-hydrogen) atoms. The van der Waals surface area contributed by atoms with Crippen LogP contribution in [0.15, 0.2) is 23.9 Å². The molecule has 0 atom stereocenters. The van der Waals surface area contributed by atoms with Crippen molar-refractivity contribution in [2.24, 2.45) is 11.5 Å². The smallest absolute Gasteiger partial charge is 0.183 e. The molecular formula is C7H15N3O. The maximum absolute atomic E-state index is 5.55. The van der Waals surface area contributed by atoms with Crippen molar-refractivity contribution in [1.29, 1.82) is 0 Å². The Morgan fingerprint density at radius 2 is 1.82 bits per heavy atom. The SMILES string of the molecule is CO/C(N)=C/C=C(\N)N(C)C. The molecule has 0 radical (unpaired) electrons. The molecule has 0 unspecified atom stereocenters. The van der Waals surface area contributed by atoms with Crippen LogP contribution in [-0.4, -0.2) is 26.1 Å². The summed E-state index contributed by atoms with van der Waals surface area (Å²) in [7, 11) is 5.21. The first-order chi connectivity index (χ1) is 5.07. The summed E-state index contributed by atoms with van der Waals surface area (Å²) in [6, 6.07) is 0. The number of ether oxygens (including phenoxy) is 1. The standard InChI is InChI=1S/C7H15N3O/c1-10(2)6(8)4-5-7(9)11-3/h4-5H,8-9H2,1-3H3/b6-4+,7-5+. The quantitative estimate of drug-likeness (QED) is 0.439. The molecule has 0 aromatic rings. The summed E-state index contributed by atoms with van der Waals surface area (Å²) in [6.45, 7) is 0. The Morgan fingerprint density at radius 1 is 1.27 bits per heavy atom. The lowest BCUT2D eigenvalue weighted by molar-refractivity contribution is 0.287. The van der Waals surface area contributed by atoms with Gasteiger partial charge in [0.25, 0.3) is 0 Å². The van der Waals surface area contributed by atoms with E-state index in [0.29, 0.717) is 11.7 Å². The maximum atomic E-state index is 5.55. The van der Waals surface area contributed by atoms with Crippen LogP contribution in [-0.2, 0) is 4.74 Å². The molecular weight excluding hydrogens is 142 g/mol. The number of hydrogen-bond donors (Lipinski definition) is 2. The minimum atomic E-state index is 0.342. The fraction of sp³-hybridized carbons (Fsp3) is 0.429. The molecule has 0 heterocycles. The van der Waals surface area contributed by atoms with Crippen LogP contribution < -0.4 is 11.5 Å². The Labute approximate surface area is 67.1 Å². The van der Waals surface area contributed by atoms with Gasteiger partial charge in [-0.05, 0) is 6.08 Å². The van der Waals surface area contributed by atoms with E-state index >= 15 is 0 Å². The van der Waals surface area contributed by atoms with Crippen molar-refractivity contribution in [2.75, 3.05) is 21.2 Å². The van der Waals surface area contributed by atoms with Crippen LogP contribution in [0.25, 0.3) is 0 Å². The van der Waals surface area contributed by atoms with E-state index in [1.165, 1.54) is 7.11 Å². The number of allylic oxidation sites excluding steroid dienone is 2. The zero-order chi connectivity index (χ0) is 8.85. The van der Waals surface area contributed by atoms with Crippen molar-refractivity contribution >= 4 is 0 Å². The molecule has 4 heteroatoms. The third-order valence-corrected chi connectivity index (χ3v) is 1.17. The number of rotatable bonds is 3. The van der Waals surface area contributed by atoms with Gasteiger partial charge < -0.3 is 21.1 Å². The fourth-order valence-corrected chi connectivity index (χ4v) is 0.385. The van der Waals surface area contributed by atoms with Crippen LogP contribution >= 0.6 is 0 Å². The second-order valence-corrected chi connectivity index (χ2v) is 2.26. The van der Waals surface area contributed by atoms with Gasteiger partial charge in [0.2, 0.25) is 0 Å². The van der Waals surface area contributed by atoms with Gasteiger partial charge in [-0.15, -0.1) is 0 Å². The lowest BCUT2D eigenvalue weighted by Gasteiger charge is -2.10. The van der Waals surface area contributed by atoms with Crippen LogP contribution in [0.5, 0.6) is 0 Å². The summed E-state index contributed by atoms with van der Waals surface area (Å²) in [5.74, 6) is 0.972. The zero-order valence-corrected chi connectivity index (χ0v) is 7.16. The number of nitrogens with zero attached hydrogens (tertiary/aromatic N) is 1. The van der Waals surface area contributed by atoms with E-state index in [9.17, 15) is 0 Å². The van der Waals surface area contributed by atoms with Crippen LogP contribution in [0.4, 0.5) is 0 Å². The molecule has 0 aliphatic carbocycles. The average Bonchev–Trinajstić information content (AvgIpc) is 1.99. The lowest BCUT2D eigenvalue weighted by atomic mass is 10.5. The van der Waals surface area contributed by atoms with E-state index in [2.05, 4.69) is 0 Å². The van der Waals surface area contributed by atoms with Gasteiger partial charge in [0.15, 0.2) is 5.88 Å². The van der Waals surface area contributed by atoms with Gasteiger partial charge in [-0.2, -0.15) is 0 Å². The van der Waals surface area contributed by atoms with Crippen LogP contribution in [0.2, 0.25) is 0 Å². The third kappa shape index (κ3) is 4.13. The first-order valence-corrected chi connectivity index (χ1v) is 3.22. The van der Waals surface area contributed by atoms with Crippen molar-refractivity contribution in [2.45, 2.75) is 0 Å². The predicted octanol–water partition coefficient (Wildman–Crippen LogP) is -0.205. The molecule has 4 nitrogen and oxygen atoms in total. The van der Waals surface area contributed by atoms with Gasteiger partial charge in [-0.1, -0.05) is 0 Å². The van der Waals surface area contributed by atoms with E-state index in [-0.39, 0.29) is 0 Å². The topological polar surface area (TPSA) is 64.5 Å². The highest BCUT2D eigenvalue weighted by Gasteiger charge is 1.88. The Kier molecular flexibility index (Phi) is 3.95. The van der Waals surface area contributed by atoms with E-state index in [1.54, 1.807) is 17.1 Å². The molecule has 0 saturated carbocycles. The Morgan fingerprint density at radius 3 is 2.18 bits per heavy atom. The summed E-state index contributed by atoms with van der Waals surface area (Å²) in [5.41, 5.74) is 10.9. The monoisotopic (exact) mass is 157 g/mol. The molecule has 0 saturated heterocycles. The minimum Gasteiger partial charge on any atom is -0.483 e. The minimum absolute atomic E-state index is 0.342. The van der Waals surface area contributed by atoms with Crippen molar-refractivity contribution in [3.05, 3.63) is 23.9 Å². The van der Waals surface area contributed by atoms with E-state index in [4.69, 9.17) is 16.2 Å². The van der Waals surface area contributed by atoms with Gasteiger partial charge in [0.05, 0.1) is 12.9 Å². The first kappa shape index (κ1) is 9.68. The number of nitrogens with two attached hydrogens (primary N) is 2. The largest absolute Gasteiger partial charge is 0.483 e. The molecule has 4 N–H and O–H groups in total. The van der Waals surface area contributed by atoms with Crippen molar-refractivity contribution in [3.8, 4) is 0 Å². The third-order valence-electron chi connectivity index (χ3n) is 1.17. The van der Waals surface area contributed by atoms with Crippen molar-refractivity contribution < 1.29 is 4.74 Å². The molecule has 0 aliphatic heterocycles. The molecule has 0 aromatic heterocycles.